The molecule has 0 aliphatic carbocycles. The van der Waals surface area contributed by atoms with Gasteiger partial charge in [-0.05, 0) is 57.4 Å². The van der Waals surface area contributed by atoms with Crippen molar-refractivity contribution in [3.63, 3.8) is 0 Å². The zero-order chi connectivity index (χ0) is 17.7. The van der Waals surface area contributed by atoms with E-state index in [2.05, 4.69) is 17.6 Å². The Kier molecular flexibility index (Phi) is 6.37. The summed E-state index contributed by atoms with van der Waals surface area (Å²) >= 11 is 0. The Hall–Kier alpha value is -1.44. The second kappa shape index (κ2) is 8.09. The fourth-order valence-corrected chi connectivity index (χ4v) is 4.18. The fraction of sp³-hybridized carbons (Fsp3) is 0.588. The highest BCUT2D eigenvalue weighted by atomic mass is 32.2. The van der Waals surface area contributed by atoms with E-state index in [0.717, 1.165) is 19.3 Å². The molecule has 6 nitrogen and oxygen atoms in total. The van der Waals surface area contributed by atoms with Gasteiger partial charge in [0.1, 0.15) is 0 Å². The van der Waals surface area contributed by atoms with Crippen molar-refractivity contribution in [1.29, 1.82) is 0 Å². The van der Waals surface area contributed by atoms with E-state index in [0.29, 0.717) is 18.8 Å². The first-order valence-corrected chi connectivity index (χ1v) is 9.95. The van der Waals surface area contributed by atoms with Gasteiger partial charge in [-0.1, -0.05) is 6.92 Å². The number of nitrogens with zero attached hydrogens (tertiary/aromatic N) is 1. The number of rotatable bonds is 7. The van der Waals surface area contributed by atoms with Gasteiger partial charge < -0.3 is 10.6 Å². The lowest BCUT2D eigenvalue weighted by atomic mass is 10.2. The first-order chi connectivity index (χ1) is 11.3. The molecule has 0 saturated carbocycles. The second-order valence-corrected chi connectivity index (χ2v) is 8.26. The van der Waals surface area contributed by atoms with Gasteiger partial charge in [0.25, 0.3) is 0 Å². The highest BCUT2D eigenvalue weighted by Crippen LogP contribution is 2.22. The number of anilines is 1. The van der Waals surface area contributed by atoms with Crippen molar-refractivity contribution in [2.45, 2.75) is 57.0 Å². The molecule has 0 aromatic heterocycles. The molecule has 7 heteroatoms. The largest absolute Gasteiger partial charge is 0.325 e. The summed E-state index contributed by atoms with van der Waals surface area (Å²) in [6.45, 7) is 7.07. The summed E-state index contributed by atoms with van der Waals surface area (Å²) in [6, 6.07) is 6.33. The van der Waals surface area contributed by atoms with E-state index < -0.39 is 10.0 Å². The summed E-state index contributed by atoms with van der Waals surface area (Å²) < 4.78 is 26.4. The van der Waals surface area contributed by atoms with Gasteiger partial charge in [-0.3, -0.25) is 4.79 Å². The molecule has 1 fully saturated rings. The maximum absolute atomic E-state index is 12.5. The van der Waals surface area contributed by atoms with E-state index in [4.69, 9.17) is 0 Å². The van der Waals surface area contributed by atoms with Crippen LogP contribution in [0.3, 0.4) is 0 Å². The number of carbonyl (C=O) groups excluding carboxylic acids is 1. The maximum Gasteiger partial charge on any atom is 0.243 e. The van der Waals surface area contributed by atoms with Crippen LogP contribution in [0.15, 0.2) is 29.2 Å². The van der Waals surface area contributed by atoms with E-state index in [9.17, 15) is 13.2 Å². The zero-order valence-corrected chi connectivity index (χ0v) is 15.4. The average Bonchev–Trinajstić information content (AvgIpc) is 3.10. The van der Waals surface area contributed by atoms with Crippen LogP contribution in [0.5, 0.6) is 0 Å². The minimum absolute atomic E-state index is 0.134. The number of benzene rings is 1. The van der Waals surface area contributed by atoms with Gasteiger partial charge in [0.05, 0.1) is 10.9 Å². The van der Waals surface area contributed by atoms with E-state index in [1.807, 2.05) is 13.8 Å². The molecule has 1 aromatic rings. The van der Waals surface area contributed by atoms with Gasteiger partial charge in [-0.25, -0.2) is 8.42 Å². The molecule has 1 amide bonds. The van der Waals surface area contributed by atoms with E-state index >= 15 is 0 Å². The van der Waals surface area contributed by atoms with Crippen LogP contribution in [0.1, 0.15) is 40.0 Å². The van der Waals surface area contributed by atoms with Crippen molar-refractivity contribution in [3.8, 4) is 0 Å². The van der Waals surface area contributed by atoms with Gasteiger partial charge in [0.15, 0.2) is 0 Å². The molecule has 0 radical (unpaired) electrons. The molecule has 0 unspecified atom stereocenters. The summed E-state index contributed by atoms with van der Waals surface area (Å²) in [4.78, 5) is 12.4. The van der Waals surface area contributed by atoms with Crippen LogP contribution in [0.4, 0.5) is 5.69 Å². The Bertz CT molecular complexity index is 652. The van der Waals surface area contributed by atoms with Crippen molar-refractivity contribution < 1.29 is 13.2 Å². The summed E-state index contributed by atoms with van der Waals surface area (Å²) in [5.41, 5.74) is 0.596. The Morgan fingerprint density at radius 3 is 2.29 bits per heavy atom. The minimum atomic E-state index is -3.41. The summed E-state index contributed by atoms with van der Waals surface area (Å²) in [6.07, 6.45) is 2.77. The first kappa shape index (κ1) is 18.9. The molecule has 0 bridgehead atoms. The van der Waals surface area contributed by atoms with Crippen molar-refractivity contribution >= 4 is 21.6 Å². The molecule has 134 valence electrons. The van der Waals surface area contributed by atoms with Crippen LogP contribution < -0.4 is 10.6 Å². The highest BCUT2D eigenvalue weighted by molar-refractivity contribution is 7.89. The third-order valence-electron chi connectivity index (χ3n) is 4.36. The summed E-state index contributed by atoms with van der Waals surface area (Å²) in [5, 5.41) is 6.02. The van der Waals surface area contributed by atoms with Gasteiger partial charge in [-0.15, -0.1) is 0 Å². The van der Waals surface area contributed by atoms with Crippen molar-refractivity contribution in [3.05, 3.63) is 24.3 Å². The Balaban J connectivity index is 2.00. The fourth-order valence-electron chi connectivity index (χ4n) is 2.66. The monoisotopic (exact) mass is 353 g/mol. The lowest BCUT2D eigenvalue weighted by Crippen LogP contribution is -2.42. The van der Waals surface area contributed by atoms with Gasteiger partial charge in [0.2, 0.25) is 15.9 Å². The Labute approximate surface area is 144 Å². The SMILES string of the molecule is CC[C@@H](C)N[C@H](C)C(=O)Nc1ccc(S(=O)(=O)N2CCCC2)cc1. The van der Waals surface area contributed by atoms with Crippen LogP contribution in [0.25, 0.3) is 0 Å². The van der Waals surface area contributed by atoms with Crippen LogP contribution in [-0.4, -0.2) is 43.8 Å². The number of nitrogens with one attached hydrogen (secondary N) is 2. The molecule has 1 heterocycles. The lowest BCUT2D eigenvalue weighted by Gasteiger charge is -2.19. The molecule has 2 rings (SSSR count). The molecule has 1 aliphatic rings. The minimum Gasteiger partial charge on any atom is -0.325 e. The smallest absolute Gasteiger partial charge is 0.243 e. The van der Waals surface area contributed by atoms with E-state index in [1.165, 1.54) is 4.31 Å². The second-order valence-electron chi connectivity index (χ2n) is 6.32. The number of amides is 1. The van der Waals surface area contributed by atoms with Crippen molar-refractivity contribution in [1.82, 2.24) is 9.62 Å². The Morgan fingerprint density at radius 2 is 1.75 bits per heavy atom. The number of sulfonamides is 1. The standard InChI is InChI=1S/C17H27N3O3S/c1-4-13(2)18-14(3)17(21)19-15-7-9-16(10-8-15)24(22,23)20-11-5-6-12-20/h7-10,13-14,18H,4-6,11-12H2,1-3H3,(H,19,21)/t13-,14-/m1/s1. The van der Waals surface area contributed by atoms with Crippen LogP contribution in [-0.2, 0) is 14.8 Å². The summed E-state index contributed by atoms with van der Waals surface area (Å²) in [5.74, 6) is -0.134. The Morgan fingerprint density at radius 1 is 1.17 bits per heavy atom. The molecule has 24 heavy (non-hydrogen) atoms. The molecular weight excluding hydrogens is 326 g/mol. The van der Waals surface area contributed by atoms with Crippen LogP contribution >= 0.6 is 0 Å². The van der Waals surface area contributed by atoms with E-state index in [-0.39, 0.29) is 22.9 Å². The third-order valence-corrected chi connectivity index (χ3v) is 6.28. The molecular formula is C17H27N3O3S. The molecule has 0 spiro atoms. The average molecular weight is 353 g/mol. The molecule has 1 saturated heterocycles. The molecule has 2 atom stereocenters. The number of hydrogen-bond acceptors (Lipinski definition) is 4. The zero-order valence-electron chi connectivity index (χ0n) is 14.6. The highest BCUT2D eigenvalue weighted by Gasteiger charge is 2.27. The maximum atomic E-state index is 12.5. The lowest BCUT2D eigenvalue weighted by molar-refractivity contribution is -0.117. The first-order valence-electron chi connectivity index (χ1n) is 8.51. The quantitative estimate of drug-likeness (QED) is 0.788. The van der Waals surface area contributed by atoms with Crippen LogP contribution in [0.2, 0.25) is 0 Å². The molecule has 1 aliphatic heterocycles. The number of carbonyl (C=O) groups is 1. The van der Waals surface area contributed by atoms with E-state index in [1.54, 1.807) is 24.3 Å². The van der Waals surface area contributed by atoms with Crippen molar-refractivity contribution in [2.75, 3.05) is 18.4 Å². The summed E-state index contributed by atoms with van der Waals surface area (Å²) in [7, 11) is -3.41. The predicted octanol–water partition coefficient (Wildman–Crippen LogP) is 2.19. The molecule has 2 N–H and O–H groups in total. The molecule has 1 aromatic carbocycles. The third kappa shape index (κ3) is 4.55. The predicted molar refractivity (Wildman–Crippen MR) is 95.4 cm³/mol. The van der Waals surface area contributed by atoms with Gasteiger partial charge in [0, 0.05) is 24.8 Å². The van der Waals surface area contributed by atoms with Gasteiger partial charge >= 0.3 is 0 Å². The normalized spacial score (nSPS) is 18.3. The van der Waals surface area contributed by atoms with Gasteiger partial charge in [-0.2, -0.15) is 4.31 Å². The topological polar surface area (TPSA) is 78.5 Å². The van der Waals surface area contributed by atoms with Crippen LogP contribution in [0, 0.1) is 0 Å². The number of hydrogen-bond donors (Lipinski definition) is 2. The van der Waals surface area contributed by atoms with Crippen molar-refractivity contribution in [2.24, 2.45) is 0 Å².